The van der Waals surface area contributed by atoms with Crippen molar-refractivity contribution in [3.8, 4) is 0 Å². The number of carbonyl (C=O) groups is 1. The second-order valence-corrected chi connectivity index (χ2v) is 9.16. The van der Waals surface area contributed by atoms with Gasteiger partial charge in [-0.3, -0.25) is 4.79 Å². The molecule has 0 aliphatic carbocycles. The number of hydrogen-bond donors (Lipinski definition) is 1. The third kappa shape index (κ3) is 4.38. The molecule has 140 valence electrons. The molecule has 1 aromatic heterocycles. The third-order valence-corrected chi connectivity index (χ3v) is 7.01. The second kappa shape index (κ2) is 8.39. The highest BCUT2D eigenvalue weighted by Gasteiger charge is 2.28. The van der Waals surface area contributed by atoms with E-state index in [1.54, 1.807) is 0 Å². The molecule has 2 atom stereocenters. The fourth-order valence-corrected chi connectivity index (χ4v) is 5.06. The maximum atomic E-state index is 12.6. The highest BCUT2D eigenvalue weighted by Crippen LogP contribution is 2.30. The van der Waals surface area contributed by atoms with Crippen LogP contribution in [0.5, 0.6) is 0 Å². The van der Waals surface area contributed by atoms with Crippen molar-refractivity contribution in [2.75, 3.05) is 11.1 Å². The summed E-state index contributed by atoms with van der Waals surface area (Å²) in [6.07, 6.45) is 3.41. The molecule has 1 aliphatic rings. The quantitative estimate of drug-likeness (QED) is 0.745. The molecule has 0 radical (unpaired) electrons. The van der Waals surface area contributed by atoms with Gasteiger partial charge in [0.25, 0.3) is 0 Å². The van der Waals surface area contributed by atoms with Crippen LogP contribution in [0.1, 0.15) is 44.2 Å². The van der Waals surface area contributed by atoms with Gasteiger partial charge in [0.1, 0.15) is 0 Å². The van der Waals surface area contributed by atoms with Crippen LogP contribution in [0, 0.1) is 13.8 Å². The van der Waals surface area contributed by atoms with Gasteiger partial charge in [0.15, 0.2) is 4.34 Å². The number of likely N-dealkylation sites (tertiary alicyclic amines) is 1. The first-order valence-electron chi connectivity index (χ1n) is 9.06. The molecule has 5 nitrogen and oxygen atoms in total. The van der Waals surface area contributed by atoms with Gasteiger partial charge in [-0.2, -0.15) is 0 Å². The summed E-state index contributed by atoms with van der Waals surface area (Å²) in [5.41, 5.74) is 3.49. The zero-order valence-electron chi connectivity index (χ0n) is 15.8. The van der Waals surface area contributed by atoms with Gasteiger partial charge in [-0.25, -0.2) is 0 Å². The van der Waals surface area contributed by atoms with Gasteiger partial charge in [-0.05, 0) is 64.2 Å². The van der Waals surface area contributed by atoms with Crippen LogP contribution in [0.15, 0.2) is 22.5 Å². The van der Waals surface area contributed by atoms with Gasteiger partial charge in [-0.15, -0.1) is 10.2 Å². The minimum Gasteiger partial charge on any atom is -0.337 e. The average molecular weight is 391 g/mol. The van der Waals surface area contributed by atoms with Gasteiger partial charge < -0.3 is 10.2 Å². The van der Waals surface area contributed by atoms with Crippen LogP contribution in [0.25, 0.3) is 0 Å². The van der Waals surface area contributed by atoms with Crippen molar-refractivity contribution in [3.63, 3.8) is 0 Å². The van der Waals surface area contributed by atoms with Crippen LogP contribution < -0.4 is 5.32 Å². The summed E-state index contributed by atoms with van der Waals surface area (Å²) in [4.78, 5) is 14.7. The normalized spacial score (nSPS) is 20.2. The maximum absolute atomic E-state index is 12.6. The van der Waals surface area contributed by atoms with Crippen molar-refractivity contribution in [1.82, 2.24) is 15.1 Å². The largest absolute Gasteiger partial charge is 0.337 e. The molecule has 1 saturated heterocycles. The van der Waals surface area contributed by atoms with Crippen molar-refractivity contribution in [3.05, 3.63) is 29.3 Å². The molecule has 0 bridgehead atoms. The van der Waals surface area contributed by atoms with E-state index in [0.717, 1.165) is 28.0 Å². The summed E-state index contributed by atoms with van der Waals surface area (Å²) in [6.45, 7) is 8.48. The van der Waals surface area contributed by atoms with E-state index in [4.69, 9.17) is 0 Å². The van der Waals surface area contributed by atoms with E-state index in [1.165, 1.54) is 40.6 Å². The zero-order valence-corrected chi connectivity index (χ0v) is 17.4. The van der Waals surface area contributed by atoms with Crippen LogP contribution in [0.4, 0.5) is 10.8 Å². The summed E-state index contributed by atoms with van der Waals surface area (Å²) in [7, 11) is 0. The number of carbonyl (C=O) groups excluding carboxylic acids is 1. The molecular weight excluding hydrogens is 364 g/mol. The third-order valence-electron chi connectivity index (χ3n) is 5.05. The maximum Gasteiger partial charge on any atom is 0.233 e. The first-order valence-corrected chi connectivity index (χ1v) is 10.9. The minimum absolute atomic E-state index is 0.203. The number of piperidine rings is 1. The molecular formula is C19H26N4OS2. The first-order chi connectivity index (χ1) is 12.5. The molecule has 1 aliphatic heterocycles. The molecule has 0 unspecified atom stereocenters. The van der Waals surface area contributed by atoms with Crippen molar-refractivity contribution in [2.45, 2.75) is 63.4 Å². The number of hydrogen-bond acceptors (Lipinski definition) is 6. The van der Waals surface area contributed by atoms with E-state index >= 15 is 0 Å². The summed E-state index contributed by atoms with van der Waals surface area (Å²) in [5, 5.41) is 12.5. The zero-order chi connectivity index (χ0) is 18.7. The number of aromatic nitrogens is 2. The predicted octanol–water partition coefficient (Wildman–Crippen LogP) is 4.78. The Morgan fingerprint density at radius 3 is 2.73 bits per heavy atom. The number of aryl methyl sites for hydroxylation is 1. The highest BCUT2D eigenvalue weighted by atomic mass is 32.2. The molecule has 1 N–H and O–H groups in total. The van der Waals surface area contributed by atoms with E-state index in [2.05, 4.69) is 49.3 Å². The molecule has 1 fully saturated rings. The van der Waals surface area contributed by atoms with E-state index in [0.29, 0.717) is 17.8 Å². The Balaban J connectivity index is 1.58. The Morgan fingerprint density at radius 2 is 2.00 bits per heavy atom. The highest BCUT2D eigenvalue weighted by molar-refractivity contribution is 8.01. The van der Waals surface area contributed by atoms with Crippen LogP contribution in [0.3, 0.4) is 0 Å². The number of thioether (sulfide) groups is 1. The van der Waals surface area contributed by atoms with Crippen molar-refractivity contribution in [2.24, 2.45) is 0 Å². The van der Waals surface area contributed by atoms with Crippen LogP contribution >= 0.6 is 23.1 Å². The number of anilines is 2. The van der Waals surface area contributed by atoms with Crippen molar-refractivity contribution >= 4 is 39.8 Å². The SMILES string of the molecule is Cc1cccc(Nc2nnc(SCC(=O)N3[C@@H](C)CCC[C@@H]3C)s2)c1C. The second-order valence-electron chi connectivity index (χ2n) is 6.96. The Labute approximate surface area is 163 Å². The van der Waals surface area contributed by atoms with Crippen LogP contribution in [0.2, 0.25) is 0 Å². The average Bonchev–Trinajstić information content (AvgIpc) is 3.04. The number of amides is 1. The van der Waals surface area contributed by atoms with Gasteiger partial charge in [0.2, 0.25) is 11.0 Å². The summed E-state index contributed by atoms with van der Waals surface area (Å²) in [5.74, 6) is 0.626. The molecule has 0 saturated carbocycles. The molecule has 1 amide bonds. The monoisotopic (exact) mass is 390 g/mol. The van der Waals surface area contributed by atoms with E-state index in [1.807, 2.05) is 17.0 Å². The van der Waals surface area contributed by atoms with E-state index in [9.17, 15) is 4.79 Å². The Bertz CT molecular complexity index is 767. The molecule has 1 aromatic carbocycles. The minimum atomic E-state index is 0.203. The lowest BCUT2D eigenvalue weighted by atomic mass is 9.98. The van der Waals surface area contributed by atoms with Gasteiger partial charge in [0.05, 0.1) is 5.75 Å². The van der Waals surface area contributed by atoms with Crippen LogP contribution in [-0.4, -0.2) is 38.8 Å². The van der Waals surface area contributed by atoms with Crippen molar-refractivity contribution in [1.29, 1.82) is 0 Å². The molecule has 3 rings (SSSR count). The number of rotatable bonds is 5. The summed E-state index contributed by atoms with van der Waals surface area (Å²) >= 11 is 2.97. The Morgan fingerprint density at radius 1 is 1.27 bits per heavy atom. The Hall–Kier alpha value is -1.60. The topological polar surface area (TPSA) is 58.1 Å². The molecule has 2 aromatic rings. The lowest BCUT2D eigenvalue weighted by Crippen LogP contribution is -2.48. The summed E-state index contributed by atoms with van der Waals surface area (Å²) in [6, 6.07) is 6.83. The first kappa shape index (κ1) is 19.2. The standard InChI is InChI=1S/C19H26N4OS2/c1-12-7-5-10-16(15(12)4)20-18-21-22-19(26-18)25-11-17(24)23-13(2)8-6-9-14(23)3/h5,7,10,13-14H,6,8-9,11H2,1-4H3,(H,20,21)/t13-,14-/m0/s1. The van der Waals surface area contributed by atoms with Crippen LogP contribution in [-0.2, 0) is 4.79 Å². The number of benzene rings is 1. The molecule has 2 heterocycles. The molecule has 26 heavy (non-hydrogen) atoms. The number of nitrogens with zero attached hydrogens (tertiary/aromatic N) is 3. The fourth-order valence-electron chi connectivity index (χ4n) is 3.43. The lowest BCUT2D eigenvalue weighted by Gasteiger charge is -2.39. The van der Waals surface area contributed by atoms with Gasteiger partial charge in [-0.1, -0.05) is 35.2 Å². The number of nitrogens with one attached hydrogen (secondary N) is 1. The van der Waals surface area contributed by atoms with Gasteiger partial charge >= 0.3 is 0 Å². The fraction of sp³-hybridized carbons (Fsp3) is 0.526. The van der Waals surface area contributed by atoms with E-state index in [-0.39, 0.29) is 5.91 Å². The lowest BCUT2D eigenvalue weighted by molar-refractivity contribution is -0.134. The molecule has 7 heteroatoms. The van der Waals surface area contributed by atoms with Gasteiger partial charge in [0, 0.05) is 17.8 Å². The summed E-state index contributed by atoms with van der Waals surface area (Å²) < 4.78 is 0.823. The Kier molecular flexibility index (Phi) is 6.19. The van der Waals surface area contributed by atoms with E-state index < -0.39 is 0 Å². The smallest absolute Gasteiger partial charge is 0.233 e. The molecule has 0 spiro atoms. The predicted molar refractivity (Wildman–Crippen MR) is 109 cm³/mol. The van der Waals surface area contributed by atoms with Crippen molar-refractivity contribution < 1.29 is 4.79 Å².